The predicted molar refractivity (Wildman–Crippen MR) is 94.1 cm³/mol. The van der Waals surface area contributed by atoms with Crippen LogP contribution in [0.1, 0.15) is 78.1 Å². The topological polar surface area (TPSA) is 0 Å². The molecule has 0 nitrogen and oxygen atoms in total. The van der Waals surface area contributed by atoms with E-state index in [4.69, 9.17) is 0 Å². The van der Waals surface area contributed by atoms with Crippen molar-refractivity contribution in [3.63, 3.8) is 0 Å². The Morgan fingerprint density at radius 2 is 0.850 bits per heavy atom. The summed E-state index contributed by atoms with van der Waals surface area (Å²) in [6.45, 7) is 4.49. The van der Waals surface area contributed by atoms with Gasteiger partial charge in [0.05, 0.1) is 0 Å². The molecule has 0 fully saturated rings. The minimum atomic E-state index is 1.06. The normalized spacial score (nSPS) is 12.7. The van der Waals surface area contributed by atoms with E-state index < -0.39 is 0 Å². The van der Waals surface area contributed by atoms with Crippen LogP contribution in [0.4, 0.5) is 0 Å². The molecule has 0 radical (unpaired) electrons. The van der Waals surface area contributed by atoms with Crippen LogP contribution >= 0.6 is 0 Å². The fourth-order valence-corrected chi connectivity index (χ4v) is 1.88. The van der Waals surface area contributed by atoms with E-state index in [0.717, 1.165) is 19.3 Å². The molecule has 0 heteroatoms. The highest BCUT2D eigenvalue weighted by Gasteiger charge is 1.80. The second-order valence-corrected chi connectivity index (χ2v) is 5.23. The summed E-state index contributed by atoms with van der Waals surface area (Å²) in [5.41, 5.74) is 0. The average Bonchev–Trinajstić information content (AvgIpc) is 2.47. The Morgan fingerprint density at radius 3 is 1.30 bits per heavy atom. The summed E-state index contributed by atoms with van der Waals surface area (Å²) in [7, 11) is 0. The number of hydrogen-bond acceptors (Lipinski definition) is 0. The Morgan fingerprint density at radius 1 is 0.450 bits per heavy atom. The lowest BCUT2D eigenvalue weighted by molar-refractivity contribution is 0.728. The summed E-state index contributed by atoms with van der Waals surface area (Å²) in [5.74, 6) is 0. The third kappa shape index (κ3) is 17.0. The molecule has 0 saturated carbocycles. The molecular weight excluding hydrogens is 240 g/mol. The monoisotopic (exact) mass is 274 g/mol. The van der Waals surface area contributed by atoms with Crippen molar-refractivity contribution in [2.24, 2.45) is 0 Å². The minimum Gasteiger partial charge on any atom is -0.0882 e. The maximum absolute atomic E-state index is 2.32. The van der Waals surface area contributed by atoms with Crippen LogP contribution in [0.15, 0.2) is 48.6 Å². The van der Waals surface area contributed by atoms with Gasteiger partial charge in [0.15, 0.2) is 0 Å². The van der Waals surface area contributed by atoms with Crippen LogP contribution in [0, 0.1) is 0 Å². The van der Waals surface area contributed by atoms with Gasteiger partial charge in [-0.25, -0.2) is 0 Å². The summed E-state index contributed by atoms with van der Waals surface area (Å²) in [6, 6.07) is 0. The molecule has 0 aromatic carbocycles. The molecule has 0 aliphatic rings. The quantitative estimate of drug-likeness (QED) is 0.247. The number of hydrogen-bond donors (Lipinski definition) is 0. The van der Waals surface area contributed by atoms with E-state index in [-0.39, 0.29) is 0 Å². The van der Waals surface area contributed by atoms with Gasteiger partial charge in [-0.05, 0) is 38.5 Å². The molecule has 114 valence electrons. The average molecular weight is 274 g/mol. The van der Waals surface area contributed by atoms with Gasteiger partial charge in [-0.1, -0.05) is 88.1 Å². The van der Waals surface area contributed by atoms with Crippen molar-refractivity contribution >= 4 is 0 Å². The molecule has 0 N–H and O–H groups in total. The Hall–Kier alpha value is -1.04. The molecule has 0 unspecified atom stereocenters. The highest BCUT2D eigenvalue weighted by Crippen LogP contribution is 2.01. The van der Waals surface area contributed by atoms with Crippen LogP contribution in [-0.2, 0) is 0 Å². The zero-order valence-corrected chi connectivity index (χ0v) is 13.7. The van der Waals surface area contributed by atoms with Crippen molar-refractivity contribution in [2.45, 2.75) is 78.1 Å². The van der Waals surface area contributed by atoms with Crippen LogP contribution in [0.2, 0.25) is 0 Å². The smallest absolute Gasteiger partial charge is 0.0169 e. The van der Waals surface area contributed by atoms with Gasteiger partial charge in [-0.15, -0.1) is 0 Å². The maximum Gasteiger partial charge on any atom is -0.0169 e. The van der Waals surface area contributed by atoms with Gasteiger partial charge in [0.1, 0.15) is 0 Å². The van der Waals surface area contributed by atoms with Gasteiger partial charge < -0.3 is 0 Å². The van der Waals surface area contributed by atoms with E-state index in [0.29, 0.717) is 0 Å². The molecule has 0 aromatic heterocycles. The fraction of sp³-hybridized carbons (Fsp3) is 0.600. The molecule has 0 saturated heterocycles. The first-order valence-corrected chi connectivity index (χ1v) is 8.51. The van der Waals surface area contributed by atoms with Crippen molar-refractivity contribution in [3.05, 3.63) is 48.6 Å². The van der Waals surface area contributed by atoms with Crippen molar-refractivity contribution in [1.82, 2.24) is 0 Å². The standard InChI is InChI=1S/C20H34/c1-3-5-7-9-11-13-15-17-19-20-18-16-14-12-10-8-6-4-2/h9,11-12,14-15,17-18,20H,3-8,10,13,16,19H2,1-2H3/b11-9?,14-12-,17-15?,20-18?. The Bertz CT molecular complexity index is 278. The van der Waals surface area contributed by atoms with Crippen LogP contribution in [0.5, 0.6) is 0 Å². The molecule has 0 bridgehead atoms. The number of unbranched alkanes of at least 4 members (excludes halogenated alkanes) is 5. The summed E-state index contributed by atoms with van der Waals surface area (Å²) in [4.78, 5) is 0. The molecule has 0 spiro atoms. The summed E-state index contributed by atoms with van der Waals surface area (Å²) >= 11 is 0. The Kier molecular flexibility index (Phi) is 17.0. The van der Waals surface area contributed by atoms with Gasteiger partial charge in [0, 0.05) is 0 Å². The van der Waals surface area contributed by atoms with Crippen LogP contribution in [0.25, 0.3) is 0 Å². The lowest BCUT2D eigenvalue weighted by atomic mass is 10.2. The third-order valence-electron chi connectivity index (χ3n) is 3.18. The second kappa shape index (κ2) is 18.0. The van der Waals surface area contributed by atoms with E-state index in [1.54, 1.807) is 0 Å². The second-order valence-electron chi connectivity index (χ2n) is 5.23. The Labute approximate surface area is 127 Å². The maximum atomic E-state index is 2.32. The highest BCUT2D eigenvalue weighted by molar-refractivity contribution is 4.99. The Balaban J connectivity index is 3.36. The number of allylic oxidation sites excluding steroid dienone is 8. The van der Waals surface area contributed by atoms with Gasteiger partial charge >= 0.3 is 0 Å². The molecule has 0 amide bonds. The van der Waals surface area contributed by atoms with E-state index in [1.165, 1.54) is 44.9 Å². The summed E-state index contributed by atoms with van der Waals surface area (Å²) in [5, 5.41) is 0. The van der Waals surface area contributed by atoms with E-state index in [2.05, 4.69) is 62.5 Å². The van der Waals surface area contributed by atoms with E-state index >= 15 is 0 Å². The van der Waals surface area contributed by atoms with Gasteiger partial charge in [-0.3, -0.25) is 0 Å². The molecule has 0 aliphatic heterocycles. The van der Waals surface area contributed by atoms with Crippen LogP contribution in [-0.4, -0.2) is 0 Å². The fourth-order valence-electron chi connectivity index (χ4n) is 1.88. The van der Waals surface area contributed by atoms with Gasteiger partial charge in [-0.2, -0.15) is 0 Å². The molecule has 0 heterocycles. The molecule has 0 atom stereocenters. The van der Waals surface area contributed by atoms with Crippen molar-refractivity contribution in [2.75, 3.05) is 0 Å². The van der Waals surface area contributed by atoms with Gasteiger partial charge in [0.2, 0.25) is 0 Å². The molecular formula is C20H34. The van der Waals surface area contributed by atoms with Crippen molar-refractivity contribution in [1.29, 1.82) is 0 Å². The largest absolute Gasteiger partial charge is 0.0882 e. The lowest BCUT2D eigenvalue weighted by Gasteiger charge is -1.90. The summed E-state index contributed by atoms with van der Waals surface area (Å²) in [6.07, 6.45) is 30.5. The van der Waals surface area contributed by atoms with Crippen molar-refractivity contribution in [3.8, 4) is 0 Å². The number of rotatable bonds is 13. The zero-order chi connectivity index (χ0) is 14.7. The van der Waals surface area contributed by atoms with E-state index in [1.807, 2.05) is 0 Å². The van der Waals surface area contributed by atoms with Crippen LogP contribution < -0.4 is 0 Å². The van der Waals surface area contributed by atoms with Crippen molar-refractivity contribution < 1.29 is 0 Å². The highest BCUT2D eigenvalue weighted by atomic mass is 13.9. The first-order chi connectivity index (χ1) is 9.91. The van der Waals surface area contributed by atoms with E-state index in [9.17, 15) is 0 Å². The first kappa shape index (κ1) is 19.0. The van der Waals surface area contributed by atoms with Crippen LogP contribution in [0.3, 0.4) is 0 Å². The lowest BCUT2D eigenvalue weighted by Crippen LogP contribution is -1.70. The molecule has 20 heavy (non-hydrogen) atoms. The summed E-state index contributed by atoms with van der Waals surface area (Å²) < 4.78 is 0. The predicted octanol–water partition coefficient (Wildman–Crippen LogP) is 7.15. The molecule has 0 aromatic rings. The SMILES string of the molecule is CCCCC=CCC=CCC=CC/C=C\CCCCC. The molecule has 0 aliphatic carbocycles. The minimum absolute atomic E-state index is 1.06. The zero-order valence-electron chi connectivity index (χ0n) is 13.7. The first-order valence-electron chi connectivity index (χ1n) is 8.51. The van der Waals surface area contributed by atoms with Gasteiger partial charge in [0.25, 0.3) is 0 Å². The molecule has 0 rings (SSSR count). The third-order valence-corrected chi connectivity index (χ3v) is 3.18.